The molecule has 0 amide bonds. The fourth-order valence-electron chi connectivity index (χ4n) is 1.48. The monoisotopic (exact) mass is 202 g/mol. The lowest BCUT2D eigenvalue weighted by atomic mass is 10.3. The van der Waals surface area contributed by atoms with Crippen molar-refractivity contribution in [2.75, 3.05) is 0 Å². The Morgan fingerprint density at radius 2 is 2.33 bits per heavy atom. The number of aryl methyl sites for hydroxylation is 1. The molecule has 4 nitrogen and oxygen atoms in total. The number of carboxylic acids is 1. The molecule has 4 heteroatoms. The Morgan fingerprint density at radius 3 is 3.07 bits per heavy atom. The molecular weight excluding hydrogens is 192 g/mol. The minimum absolute atomic E-state index is 0.630. The summed E-state index contributed by atoms with van der Waals surface area (Å²) in [7, 11) is 0. The molecule has 0 fully saturated rings. The third kappa shape index (κ3) is 1.74. The molecule has 0 atom stereocenters. The first-order chi connectivity index (χ1) is 7.18. The minimum Gasteiger partial charge on any atom is -0.478 e. The van der Waals surface area contributed by atoms with Crippen LogP contribution in [0.1, 0.15) is 11.5 Å². The van der Waals surface area contributed by atoms with Crippen LogP contribution in [0.2, 0.25) is 0 Å². The van der Waals surface area contributed by atoms with Gasteiger partial charge in [-0.3, -0.25) is 0 Å². The molecular formula is C11H10N2O2. The zero-order chi connectivity index (χ0) is 10.8. The highest BCUT2D eigenvalue weighted by atomic mass is 16.4. The van der Waals surface area contributed by atoms with Gasteiger partial charge in [0.25, 0.3) is 0 Å². The Morgan fingerprint density at radius 1 is 1.53 bits per heavy atom. The van der Waals surface area contributed by atoms with Gasteiger partial charge in [0.05, 0.1) is 11.2 Å². The summed E-state index contributed by atoms with van der Waals surface area (Å²) in [5, 5.41) is 8.53. The summed E-state index contributed by atoms with van der Waals surface area (Å²) >= 11 is 0. The molecule has 0 radical (unpaired) electrons. The van der Waals surface area contributed by atoms with E-state index < -0.39 is 5.97 Å². The van der Waals surface area contributed by atoms with Crippen LogP contribution in [-0.4, -0.2) is 20.5 Å². The van der Waals surface area contributed by atoms with E-state index in [1.807, 2.05) is 35.7 Å². The van der Waals surface area contributed by atoms with Gasteiger partial charge in [-0.2, -0.15) is 0 Å². The lowest BCUT2D eigenvalue weighted by Crippen LogP contribution is -1.89. The Hall–Kier alpha value is -2.10. The van der Waals surface area contributed by atoms with Gasteiger partial charge in [-0.25, -0.2) is 9.78 Å². The number of aliphatic carboxylic acids is 1. The number of carbonyl (C=O) groups is 1. The Bertz CT molecular complexity index is 541. The minimum atomic E-state index is -0.972. The fourth-order valence-corrected chi connectivity index (χ4v) is 1.48. The second kappa shape index (κ2) is 3.57. The fraction of sp³-hybridized carbons (Fsp3) is 0.0909. The molecule has 0 spiro atoms. The molecule has 2 aromatic rings. The maximum atomic E-state index is 10.4. The van der Waals surface area contributed by atoms with Crippen molar-refractivity contribution in [3.8, 4) is 0 Å². The summed E-state index contributed by atoms with van der Waals surface area (Å²) in [5.41, 5.74) is 1.88. The molecule has 0 unspecified atom stereocenters. The highest BCUT2D eigenvalue weighted by Crippen LogP contribution is 2.12. The van der Waals surface area contributed by atoms with Gasteiger partial charge >= 0.3 is 5.97 Å². The molecule has 2 heterocycles. The van der Waals surface area contributed by atoms with Crippen LogP contribution in [0.25, 0.3) is 11.6 Å². The standard InChI is InChI=1S/C11H10N2O2/c1-8-9-4-2-3-7-13(9)10(12-8)5-6-11(14)15/h2-7H,1H3,(H,14,15). The number of nitrogens with zero attached hydrogens (tertiary/aromatic N) is 2. The van der Waals surface area contributed by atoms with E-state index in [0.717, 1.165) is 17.3 Å². The Balaban J connectivity index is 2.57. The van der Waals surface area contributed by atoms with Crippen LogP contribution in [-0.2, 0) is 4.79 Å². The van der Waals surface area contributed by atoms with Crippen molar-refractivity contribution >= 4 is 17.6 Å². The van der Waals surface area contributed by atoms with E-state index >= 15 is 0 Å². The summed E-state index contributed by atoms with van der Waals surface area (Å²) in [5.74, 6) is -0.342. The highest BCUT2D eigenvalue weighted by molar-refractivity contribution is 5.84. The summed E-state index contributed by atoms with van der Waals surface area (Å²) < 4.78 is 1.86. The third-order valence-corrected chi connectivity index (χ3v) is 2.13. The molecule has 0 aliphatic carbocycles. The number of hydrogen-bond donors (Lipinski definition) is 1. The largest absolute Gasteiger partial charge is 0.478 e. The van der Waals surface area contributed by atoms with Crippen molar-refractivity contribution < 1.29 is 9.90 Å². The molecule has 1 N–H and O–H groups in total. The van der Waals surface area contributed by atoms with Gasteiger partial charge in [-0.1, -0.05) is 6.07 Å². The summed E-state index contributed by atoms with van der Waals surface area (Å²) in [6, 6.07) is 5.75. The van der Waals surface area contributed by atoms with Crippen molar-refractivity contribution in [3.05, 3.63) is 42.0 Å². The SMILES string of the molecule is Cc1nc(C=CC(=O)O)n2ccccc12. The average molecular weight is 202 g/mol. The molecule has 2 aromatic heterocycles. The molecule has 0 bridgehead atoms. The Kier molecular flexibility index (Phi) is 2.25. The molecule has 2 rings (SSSR count). The summed E-state index contributed by atoms with van der Waals surface area (Å²) in [6.07, 6.45) is 4.43. The average Bonchev–Trinajstić information content (AvgIpc) is 2.54. The smallest absolute Gasteiger partial charge is 0.328 e. The maximum Gasteiger partial charge on any atom is 0.328 e. The third-order valence-electron chi connectivity index (χ3n) is 2.13. The van der Waals surface area contributed by atoms with E-state index in [0.29, 0.717) is 5.82 Å². The quantitative estimate of drug-likeness (QED) is 0.754. The number of imidazole rings is 1. The highest BCUT2D eigenvalue weighted by Gasteiger charge is 2.03. The lowest BCUT2D eigenvalue weighted by Gasteiger charge is -1.94. The number of rotatable bonds is 2. The van der Waals surface area contributed by atoms with E-state index in [1.165, 1.54) is 6.08 Å². The molecule has 15 heavy (non-hydrogen) atoms. The second-order valence-corrected chi connectivity index (χ2v) is 3.18. The van der Waals surface area contributed by atoms with Gasteiger partial charge in [0.15, 0.2) is 0 Å². The van der Waals surface area contributed by atoms with Crippen molar-refractivity contribution in [2.45, 2.75) is 6.92 Å². The number of carboxylic acid groups (broad SMARTS) is 1. The van der Waals surface area contributed by atoms with Crippen LogP contribution in [0.15, 0.2) is 30.5 Å². The van der Waals surface area contributed by atoms with E-state index in [-0.39, 0.29) is 0 Å². The summed E-state index contributed by atoms with van der Waals surface area (Å²) in [6.45, 7) is 1.90. The van der Waals surface area contributed by atoms with E-state index in [4.69, 9.17) is 5.11 Å². The zero-order valence-electron chi connectivity index (χ0n) is 8.21. The van der Waals surface area contributed by atoms with Crippen LogP contribution in [0.5, 0.6) is 0 Å². The predicted molar refractivity (Wildman–Crippen MR) is 56.6 cm³/mol. The van der Waals surface area contributed by atoms with Gasteiger partial charge in [0, 0.05) is 12.3 Å². The number of hydrogen-bond acceptors (Lipinski definition) is 2. The second-order valence-electron chi connectivity index (χ2n) is 3.18. The van der Waals surface area contributed by atoms with Crippen LogP contribution in [0.4, 0.5) is 0 Å². The van der Waals surface area contributed by atoms with Gasteiger partial charge in [-0.05, 0) is 25.1 Å². The number of pyridine rings is 1. The van der Waals surface area contributed by atoms with Gasteiger partial charge < -0.3 is 9.51 Å². The number of aromatic nitrogens is 2. The summed E-state index contributed by atoms with van der Waals surface area (Å²) in [4.78, 5) is 14.7. The van der Waals surface area contributed by atoms with Gasteiger partial charge in [-0.15, -0.1) is 0 Å². The van der Waals surface area contributed by atoms with Crippen molar-refractivity contribution in [3.63, 3.8) is 0 Å². The molecule has 76 valence electrons. The van der Waals surface area contributed by atoms with Crippen molar-refractivity contribution in [1.29, 1.82) is 0 Å². The van der Waals surface area contributed by atoms with E-state index in [2.05, 4.69) is 4.98 Å². The molecule has 0 saturated heterocycles. The van der Waals surface area contributed by atoms with Crippen LogP contribution >= 0.6 is 0 Å². The first kappa shape index (κ1) is 9.45. The molecule has 0 aliphatic heterocycles. The lowest BCUT2D eigenvalue weighted by molar-refractivity contribution is -0.131. The number of fused-ring (bicyclic) bond motifs is 1. The Labute approximate surface area is 86.5 Å². The van der Waals surface area contributed by atoms with Crippen LogP contribution in [0.3, 0.4) is 0 Å². The molecule has 0 aliphatic rings. The van der Waals surface area contributed by atoms with Crippen LogP contribution in [0, 0.1) is 6.92 Å². The topological polar surface area (TPSA) is 54.6 Å². The van der Waals surface area contributed by atoms with Crippen molar-refractivity contribution in [2.24, 2.45) is 0 Å². The molecule has 0 saturated carbocycles. The molecule has 0 aromatic carbocycles. The van der Waals surface area contributed by atoms with E-state index in [1.54, 1.807) is 0 Å². The first-order valence-corrected chi connectivity index (χ1v) is 4.53. The maximum absolute atomic E-state index is 10.4. The van der Waals surface area contributed by atoms with Gasteiger partial charge in [0.1, 0.15) is 5.82 Å². The normalized spacial score (nSPS) is 11.3. The van der Waals surface area contributed by atoms with Gasteiger partial charge in [0.2, 0.25) is 0 Å². The zero-order valence-corrected chi connectivity index (χ0v) is 8.21. The first-order valence-electron chi connectivity index (χ1n) is 4.53. The van der Waals surface area contributed by atoms with E-state index in [9.17, 15) is 4.79 Å². The predicted octanol–water partition coefficient (Wildman–Crippen LogP) is 1.74. The van der Waals surface area contributed by atoms with Crippen molar-refractivity contribution in [1.82, 2.24) is 9.38 Å². The van der Waals surface area contributed by atoms with Crippen LogP contribution < -0.4 is 0 Å².